The van der Waals surface area contributed by atoms with E-state index in [0.29, 0.717) is 40.9 Å². The Labute approximate surface area is 191 Å². The van der Waals surface area contributed by atoms with Crippen molar-refractivity contribution in [2.24, 2.45) is 0 Å². The molecule has 3 aromatic rings. The standard InChI is InChI=1S/C25H23ClN2O4/c1-16-6-9-21(10-7-16)31-13-12-28-22-11-8-20(15-23(22)32-17(2)25(28)30)27-24(29)18-4-3-5-19(26)14-18/h3-11,14-15,17H,12-13H2,1-2H3,(H,27,29). The molecule has 1 N–H and O–H groups in total. The van der Waals surface area contributed by atoms with E-state index in [4.69, 9.17) is 21.1 Å². The second-order valence-electron chi connectivity index (χ2n) is 7.56. The molecular formula is C25H23ClN2O4. The minimum atomic E-state index is -0.638. The number of carbonyl (C=O) groups excluding carboxylic acids is 2. The van der Waals surface area contributed by atoms with Crippen molar-refractivity contribution in [1.29, 1.82) is 0 Å². The predicted molar refractivity (Wildman–Crippen MR) is 125 cm³/mol. The number of ether oxygens (including phenoxy) is 2. The molecule has 0 bridgehead atoms. The summed E-state index contributed by atoms with van der Waals surface area (Å²) in [5.41, 5.74) is 2.81. The van der Waals surface area contributed by atoms with Gasteiger partial charge in [0.05, 0.1) is 12.2 Å². The molecule has 6 nitrogen and oxygen atoms in total. The van der Waals surface area contributed by atoms with Crippen LogP contribution in [-0.2, 0) is 4.79 Å². The van der Waals surface area contributed by atoms with Crippen molar-refractivity contribution < 1.29 is 19.1 Å². The number of amides is 2. The summed E-state index contributed by atoms with van der Waals surface area (Å²) in [5.74, 6) is 0.858. The first-order valence-corrected chi connectivity index (χ1v) is 10.7. The average Bonchev–Trinajstić information content (AvgIpc) is 2.77. The van der Waals surface area contributed by atoms with Crippen LogP contribution in [0.3, 0.4) is 0 Å². The second-order valence-corrected chi connectivity index (χ2v) is 7.99. The normalized spacial score (nSPS) is 15.0. The Hall–Kier alpha value is -3.51. The zero-order chi connectivity index (χ0) is 22.7. The summed E-state index contributed by atoms with van der Waals surface area (Å²) in [5, 5.41) is 3.33. The first-order chi connectivity index (χ1) is 15.4. The third-order valence-electron chi connectivity index (χ3n) is 5.12. The van der Waals surface area contributed by atoms with E-state index in [1.807, 2.05) is 31.2 Å². The zero-order valence-electron chi connectivity index (χ0n) is 17.8. The number of hydrogen-bond acceptors (Lipinski definition) is 4. The molecule has 4 rings (SSSR count). The lowest BCUT2D eigenvalue weighted by molar-refractivity contribution is -0.125. The second kappa shape index (κ2) is 9.32. The summed E-state index contributed by atoms with van der Waals surface area (Å²) in [4.78, 5) is 26.9. The molecule has 1 atom stereocenters. The van der Waals surface area contributed by atoms with E-state index >= 15 is 0 Å². The summed E-state index contributed by atoms with van der Waals surface area (Å²) in [6.45, 7) is 4.44. The summed E-state index contributed by atoms with van der Waals surface area (Å²) in [6.07, 6.45) is -0.638. The molecule has 32 heavy (non-hydrogen) atoms. The number of nitrogens with zero attached hydrogens (tertiary/aromatic N) is 1. The number of halogens is 1. The molecule has 2 amide bonds. The Morgan fingerprint density at radius 1 is 1.12 bits per heavy atom. The molecule has 1 aliphatic heterocycles. The van der Waals surface area contributed by atoms with Crippen molar-refractivity contribution in [2.45, 2.75) is 20.0 Å². The van der Waals surface area contributed by atoms with Crippen LogP contribution in [0.15, 0.2) is 66.7 Å². The van der Waals surface area contributed by atoms with Gasteiger partial charge in [-0.05, 0) is 56.3 Å². The van der Waals surface area contributed by atoms with E-state index < -0.39 is 6.10 Å². The molecule has 1 unspecified atom stereocenters. The van der Waals surface area contributed by atoms with Crippen LogP contribution in [0.1, 0.15) is 22.8 Å². The number of benzene rings is 3. The lowest BCUT2D eigenvalue weighted by atomic mass is 10.1. The summed E-state index contributed by atoms with van der Waals surface area (Å²) in [7, 11) is 0. The summed E-state index contributed by atoms with van der Waals surface area (Å²) >= 11 is 5.97. The lowest BCUT2D eigenvalue weighted by Crippen LogP contribution is -2.46. The molecule has 164 valence electrons. The average molecular weight is 451 g/mol. The lowest BCUT2D eigenvalue weighted by Gasteiger charge is -2.33. The van der Waals surface area contributed by atoms with Gasteiger partial charge in [0.2, 0.25) is 0 Å². The van der Waals surface area contributed by atoms with E-state index in [1.165, 1.54) is 0 Å². The van der Waals surface area contributed by atoms with Crippen LogP contribution in [0, 0.1) is 6.92 Å². The molecule has 0 fully saturated rings. The van der Waals surface area contributed by atoms with E-state index in [2.05, 4.69) is 5.32 Å². The highest BCUT2D eigenvalue weighted by molar-refractivity contribution is 6.31. The monoisotopic (exact) mass is 450 g/mol. The number of fused-ring (bicyclic) bond motifs is 1. The van der Waals surface area contributed by atoms with Gasteiger partial charge >= 0.3 is 0 Å². The Morgan fingerprint density at radius 3 is 2.66 bits per heavy atom. The zero-order valence-corrected chi connectivity index (χ0v) is 18.6. The van der Waals surface area contributed by atoms with E-state index in [9.17, 15) is 9.59 Å². The van der Waals surface area contributed by atoms with Gasteiger partial charge in [0.15, 0.2) is 6.10 Å². The molecule has 0 radical (unpaired) electrons. The molecule has 0 aromatic heterocycles. The fraction of sp³-hybridized carbons (Fsp3) is 0.200. The predicted octanol–water partition coefficient (Wildman–Crippen LogP) is 5.09. The summed E-state index contributed by atoms with van der Waals surface area (Å²) < 4.78 is 11.6. The van der Waals surface area contributed by atoms with Crippen LogP contribution in [0.2, 0.25) is 5.02 Å². The van der Waals surface area contributed by atoms with Gasteiger partial charge in [0.1, 0.15) is 18.1 Å². The summed E-state index contributed by atoms with van der Waals surface area (Å²) in [6, 6.07) is 19.7. The van der Waals surface area contributed by atoms with E-state index in [1.54, 1.807) is 54.3 Å². The Kier molecular flexibility index (Phi) is 6.32. The number of rotatable bonds is 6. The maximum Gasteiger partial charge on any atom is 0.267 e. The molecular weight excluding hydrogens is 428 g/mol. The number of anilines is 2. The van der Waals surface area contributed by atoms with Gasteiger partial charge in [-0.15, -0.1) is 0 Å². The molecule has 1 aliphatic rings. The van der Waals surface area contributed by atoms with Crippen molar-refractivity contribution in [3.8, 4) is 11.5 Å². The number of aryl methyl sites for hydroxylation is 1. The molecule has 0 saturated carbocycles. The number of hydrogen-bond donors (Lipinski definition) is 1. The first kappa shape index (κ1) is 21.7. The highest BCUT2D eigenvalue weighted by atomic mass is 35.5. The van der Waals surface area contributed by atoms with Gasteiger partial charge in [0.25, 0.3) is 11.8 Å². The Morgan fingerprint density at radius 2 is 1.91 bits per heavy atom. The van der Waals surface area contributed by atoms with Crippen molar-refractivity contribution in [1.82, 2.24) is 0 Å². The van der Waals surface area contributed by atoms with Gasteiger partial charge in [-0.3, -0.25) is 9.59 Å². The third-order valence-corrected chi connectivity index (χ3v) is 5.35. The first-order valence-electron chi connectivity index (χ1n) is 10.3. The van der Waals surface area contributed by atoms with Crippen LogP contribution >= 0.6 is 11.6 Å². The topological polar surface area (TPSA) is 67.9 Å². The quantitative estimate of drug-likeness (QED) is 0.567. The van der Waals surface area contributed by atoms with E-state index in [-0.39, 0.29) is 11.8 Å². The van der Waals surface area contributed by atoms with Crippen LogP contribution in [-0.4, -0.2) is 31.1 Å². The van der Waals surface area contributed by atoms with Crippen LogP contribution in [0.5, 0.6) is 11.5 Å². The minimum absolute atomic E-state index is 0.138. The van der Waals surface area contributed by atoms with Crippen molar-refractivity contribution in [3.05, 3.63) is 82.9 Å². The highest BCUT2D eigenvalue weighted by Crippen LogP contribution is 2.36. The third kappa shape index (κ3) is 4.86. The molecule has 7 heteroatoms. The number of carbonyl (C=O) groups is 2. The minimum Gasteiger partial charge on any atom is -0.492 e. The van der Waals surface area contributed by atoms with E-state index in [0.717, 1.165) is 11.3 Å². The van der Waals surface area contributed by atoms with Crippen LogP contribution in [0.25, 0.3) is 0 Å². The number of nitrogens with one attached hydrogen (secondary N) is 1. The SMILES string of the molecule is Cc1ccc(OCCN2C(=O)C(C)Oc3cc(NC(=O)c4cccc(Cl)c4)ccc32)cc1. The Balaban J connectivity index is 1.47. The van der Waals surface area contributed by atoms with Crippen molar-refractivity contribution in [2.75, 3.05) is 23.4 Å². The largest absolute Gasteiger partial charge is 0.492 e. The smallest absolute Gasteiger partial charge is 0.267 e. The fourth-order valence-corrected chi connectivity index (χ4v) is 3.63. The maximum absolute atomic E-state index is 12.7. The van der Waals surface area contributed by atoms with Gasteiger partial charge in [-0.2, -0.15) is 0 Å². The molecule has 0 saturated heterocycles. The van der Waals surface area contributed by atoms with Gasteiger partial charge in [0, 0.05) is 22.3 Å². The van der Waals surface area contributed by atoms with Gasteiger partial charge in [-0.25, -0.2) is 0 Å². The fourth-order valence-electron chi connectivity index (χ4n) is 3.44. The Bertz CT molecular complexity index is 1150. The van der Waals surface area contributed by atoms with Crippen LogP contribution < -0.4 is 19.7 Å². The van der Waals surface area contributed by atoms with Gasteiger partial charge < -0.3 is 19.7 Å². The molecule has 3 aromatic carbocycles. The maximum atomic E-state index is 12.7. The van der Waals surface area contributed by atoms with Crippen molar-refractivity contribution in [3.63, 3.8) is 0 Å². The highest BCUT2D eigenvalue weighted by Gasteiger charge is 2.31. The van der Waals surface area contributed by atoms with Gasteiger partial charge in [-0.1, -0.05) is 35.4 Å². The molecule has 0 aliphatic carbocycles. The molecule has 1 heterocycles. The van der Waals surface area contributed by atoms with Crippen molar-refractivity contribution >= 4 is 34.8 Å². The molecule has 0 spiro atoms. The van der Waals surface area contributed by atoms with Crippen LogP contribution in [0.4, 0.5) is 11.4 Å².